The van der Waals surface area contributed by atoms with Gasteiger partial charge in [-0.1, -0.05) is 127 Å². The smallest absolute Gasteiger partial charge is 0.0205 e. The Labute approximate surface area is 186 Å². The summed E-state index contributed by atoms with van der Waals surface area (Å²) in [5.41, 5.74) is 6.63. The van der Waals surface area contributed by atoms with E-state index < -0.39 is 0 Å². The second-order valence-corrected chi connectivity index (χ2v) is 7.85. The van der Waals surface area contributed by atoms with Crippen LogP contribution in [0.2, 0.25) is 0 Å². The van der Waals surface area contributed by atoms with Crippen LogP contribution in [0.25, 0.3) is 5.57 Å². The van der Waals surface area contributed by atoms with Crippen LogP contribution in [-0.4, -0.2) is 6.54 Å². The third-order valence-electron chi connectivity index (χ3n) is 5.55. The van der Waals surface area contributed by atoms with Gasteiger partial charge in [0.05, 0.1) is 0 Å². The largest absolute Gasteiger partial charge is 0.312 e. The highest BCUT2D eigenvalue weighted by molar-refractivity contribution is 5.68. The predicted octanol–water partition coefficient (Wildman–Crippen LogP) is 6.89. The average Bonchev–Trinajstić information content (AvgIpc) is 2.85. The van der Waals surface area contributed by atoms with E-state index in [1.54, 1.807) is 0 Å². The first-order chi connectivity index (χ1) is 15.4. The molecule has 0 radical (unpaired) electrons. The molecule has 4 rings (SSSR count). The molecule has 1 nitrogen and oxygen atoms in total. The molecule has 154 valence electrons. The average molecular weight is 404 g/mol. The van der Waals surface area contributed by atoms with Crippen molar-refractivity contribution in [3.05, 3.63) is 150 Å². The molecule has 1 heteroatoms. The van der Waals surface area contributed by atoms with Gasteiger partial charge in [0, 0.05) is 19.0 Å². The minimum Gasteiger partial charge on any atom is -0.312 e. The first-order valence-corrected chi connectivity index (χ1v) is 11.0. The van der Waals surface area contributed by atoms with Crippen molar-refractivity contribution in [3.8, 4) is 0 Å². The van der Waals surface area contributed by atoms with Crippen LogP contribution >= 0.6 is 0 Å². The highest BCUT2D eigenvalue weighted by atomic mass is 14.9. The van der Waals surface area contributed by atoms with Crippen molar-refractivity contribution in [3.63, 3.8) is 0 Å². The normalized spacial score (nSPS) is 12.5. The molecule has 0 aliphatic carbocycles. The van der Waals surface area contributed by atoms with Crippen molar-refractivity contribution < 1.29 is 0 Å². The quantitative estimate of drug-likeness (QED) is 0.321. The molecule has 0 fully saturated rings. The van der Waals surface area contributed by atoms with E-state index in [4.69, 9.17) is 0 Å². The Kier molecular flexibility index (Phi) is 7.46. The number of rotatable bonds is 9. The van der Waals surface area contributed by atoms with E-state index in [9.17, 15) is 0 Å². The molecule has 1 atom stereocenters. The minimum absolute atomic E-state index is 0.295. The van der Waals surface area contributed by atoms with Crippen LogP contribution in [0.4, 0.5) is 0 Å². The van der Waals surface area contributed by atoms with Crippen LogP contribution in [0.15, 0.2) is 127 Å². The summed E-state index contributed by atoms with van der Waals surface area (Å²) in [4.78, 5) is 0. The molecule has 4 aromatic carbocycles. The van der Waals surface area contributed by atoms with Crippen molar-refractivity contribution in [2.75, 3.05) is 6.54 Å². The summed E-state index contributed by atoms with van der Waals surface area (Å²) < 4.78 is 0. The summed E-state index contributed by atoms with van der Waals surface area (Å²) in [6, 6.07) is 42.9. The second-order valence-electron chi connectivity index (χ2n) is 7.85. The van der Waals surface area contributed by atoms with Gasteiger partial charge in [-0.05, 0) is 34.2 Å². The van der Waals surface area contributed by atoms with Crippen molar-refractivity contribution in [2.45, 2.75) is 18.9 Å². The highest BCUT2D eigenvalue weighted by Crippen LogP contribution is 2.26. The zero-order valence-corrected chi connectivity index (χ0v) is 17.8. The van der Waals surface area contributed by atoms with Crippen LogP contribution in [0.5, 0.6) is 0 Å². The lowest BCUT2D eigenvalue weighted by Crippen LogP contribution is -2.20. The summed E-state index contributed by atoms with van der Waals surface area (Å²) in [5.74, 6) is 0.295. The molecule has 0 amide bonds. The van der Waals surface area contributed by atoms with Crippen molar-refractivity contribution in [2.24, 2.45) is 0 Å². The lowest BCUT2D eigenvalue weighted by atomic mass is 9.90. The van der Waals surface area contributed by atoms with Gasteiger partial charge in [0.25, 0.3) is 0 Å². The summed E-state index contributed by atoms with van der Waals surface area (Å²) >= 11 is 0. The number of allylic oxidation sites excluding steroid dienone is 1. The monoisotopic (exact) mass is 403 g/mol. The molecule has 0 saturated heterocycles. The van der Waals surface area contributed by atoms with Crippen molar-refractivity contribution in [1.82, 2.24) is 5.32 Å². The third kappa shape index (κ3) is 6.28. The van der Waals surface area contributed by atoms with E-state index in [-0.39, 0.29) is 0 Å². The predicted molar refractivity (Wildman–Crippen MR) is 132 cm³/mol. The second kappa shape index (κ2) is 11.1. The molecule has 0 aliphatic rings. The van der Waals surface area contributed by atoms with Gasteiger partial charge in [-0.15, -0.1) is 0 Å². The van der Waals surface area contributed by atoms with Crippen molar-refractivity contribution in [1.29, 1.82) is 0 Å². The number of benzene rings is 4. The Balaban J connectivity index is 1.61. The third-order valence-corrected chi connectivity index (χ3v) is 5.55. The molecule has 0 unspecified atom stereocenters. The van der Waals surface area contributed by atoms with Gasteiger partial charge in [0.1, 0.15) is 0 Å². The van der Waals surface area contributed by atoms with E-state index in [1.807, 2.05) is 0 Å². The van der Waals surface area contributed by atoms with E-state index in [0.717, 1.165) is 19.5 Å². The topological polar surface area (TPSA) is 12.0 Å². The lowest BCUT2D eigenvalue weighted by molar-refractivity contribution is 0.646. The SMILES string of the molecule is C(=C(/Cc1ccccc1)c1ccccc1)/[C@@H](CNCc1ccccc1)c1ccccc1. The molecule has 0 bridgehead atoms. The maximum atomic E-state index is 3.68. The van der Waals surface area contributed by atoms with Crippen LogP contribution in [-0.2, 0) is 13.0 Å². The molecule has 0 aliphatic heterocycles. The molecular formula is C30H29N. The Morgan fingerprint density at radius 2 is 1.13 bits per heavy atom. The Morgan fingerprint density at radius 1 is 0.613 bits per heavy atom. The van der Waals surface area contributed by atoms with Crippen LogP contribution in [0, 0.1) is 0 Å². The van der Waals surface area contributed by atoms with Crippen molar-refractivity contribution >= 4 is 5.57 Å². The standard InChI is InChI=1S/C30H29N/c1-5-13-25(14-6-1)21-29(27-17-9-3-10-18-27)22-30(28-19-11-4-12-20-28)24-31-23-26-15-7-2-8-16-26/h1-20,22,30-31H,21,23-24H2/b29-22+/t30-/m0/s1. The van der Waals surface area contributed by atoms with Crippen LogP contribution in [0.1, 0.15) is 28.2 Å². The fourth-order valence-electron chi connectivity index (χ4n) is 3.91. The van der Waals surface area contributed by atoms with E-state index >= 15 is 0 Å². The van der Waals surface area contributed by atoms with E-state index in [2.05, 4.69) is 133 Å². The van der Waals surface area contributed by atoms with E-state index in [0.29, 0.717) is 5.92 Å². The Hall–Kier alpha value is -3.42. The fraction of sp³-hybridized carbons (Fsp3) is 0.133. The molecule has 31 heavy (non-hydrogen) atoms. The molecule has 0 spiro atoms. The molecule has 0 saturated carbocycles. The van der Waals surface area contributed by atoms with Gasteiger partial charge in [-0.2, -0.15) is 0 Å². The van der Waals surface area contributed by atoms with Gasteiger partial charge < -0.3 is 5.32 Å². The molecule has 0 aromatic heterocycles. The van der Waals surface area contributed by atoms with Gasteiger partial charge in [0.2, 0.25) is 0 Å². The summed E-state index contributed by atoms with van der Waals surface area (Å²) in [6.45, 7) is 1.77. The first kappa shape index (κ1) is 20.8. The summed E-state index contributed by atoms with van der Waals surface area (Å²) in [6.07, 6.45) is 3.38. The van der Waals surface area contributed by atoms with E-state index in [1.165, 1.54) is 27.8 Å². The fourth-order valence-corrected chi connectivity index (χ4v) is 3.91. The molecule has 4 aromatic rings. The Bertz CT molecular complexity index is 1050. The first-order valence-electron chi connectivity index (χ1n) is 11.0. The molecule has 1 N–H and O–H groups in total. The molecule has 0 heterocycles. The number of hydrogen-bond donors (Lipinski definition) is 1. The molecular weight excluding hydrogens is 374 g/mol. The lowest BCUT2D eigenvalue weighted by Gasteiger charge is -2.18. The summed E-state index contributed by atoms with van der Waals surface area (Å²) in [7, 11) is 0. The minimum atomic E-state index is 0.295. The highest BCUT2D eigenvalue weighted by Gasteiger charge is 2.12. The zero-order chi connectivity index (χ0) is 21.1. The maximum Gasteiger partial charge on any atom is 0.0205 e. The van der Waals surface area contributed by atoms with Gasteiger partial charge in [0.15, 0.2) is 0 Å². The number of nitrogens with one attached hydrogen (secondary N) is 1. The zero-order valence-electron chi connectivity index (χ0n) is 17.8. The van der Waals surface area contributed by atoms with Gasteiger partial charge in [-0.25, -0.2) is 0 Å². The Morgan fingerprint density at radius 3 is 1.74 bits per heavy atom. The van der Waals surface area contributed by atoms with Gasteiger partial charge in [-0.3, -0.25) is 0 Å². The maximum absolute atomic E-state index is 3.68. The van der Waals surface area contributed by atoms with Crippen LogP contribution in [0.3, 0.4) is 0 Å². The summed E-state index contributed by atoms with van der Waals surface area (Å²) in [5, 5.41) is 3.68. The van der Waals surface area contributed by atoms with Crippen LogP contribution < -0.4 is 5.32 Å². The van der Waals surface area contributed by atoms with Gasteiger partial charge >= 0.3 is 0 Å². The number of hydrogen-bond acceptors (Lipinski definition) is 1.